The fraction of sp³-hybridized carbons (Fsp3) is 0.735. The van der Waals surface area contributed by atoms with Crippen LogP contribution in [0.25, 0.3) is 0 Å². The molecule has 102 heavy (non-hydrogen) atoms. The number of phosphoric ester groups is 2. The van der Waals surface area contributed by atoms with Crippen LogP contribution in [-0.2, 0) is 65.4 Å². The van der Waals surface area contributed by atoms with Crippen LogP contribution in [0.2, 0.25) is 0 Å². The van der Waals surface area contributed by atoms with Crippen molar-refractivity contribution in [1.82, 2.24) is 0 Å². The van der Waals surface area contributed by atoms with Gasteiger partial charge in [-0.05, 0) is 154 Å². The predicted octanol–water partition coefficient (Wildman–Crippen LogP) is 23.3. The Morgan fingerprint density at radius 2 is 0.510 bits per heavy atom. The Kier molecular flexibility index (Phi) is 71.8. The van der Waals surface area contributed by atoms with Crippen LogP contribution in [0.3, 0.4) is 0 Å². The molecule has 0 rings (SSSR count). The summed E-state index contributed by atoms with van der Waals surface area (Å²) in [5.74, 6) is -2.23. The predicted molar refractivity (Wildman–Crippen MR) is 418 cm³/mol. The molecule has 0 heterocycles. The third-order valence-electron chi connectivity index (χ3n) is 16.7. The first kappa shape index (κ1) is 97.7. The summed E-state index contributed by atoms with van der Waals surface area (Å²) >= 11 is 0. The number of aliphatic hydroxyl groups is 1. The molecule has 588 valence electrons. The van der Waals surface area contributed by atoms with Gasteiger partial charge in [-0.15, -0.1) is 0 Å². The maximum atomic E-state index is 13.1. The maximum absolute atomic E-state index is 13.1. The van der Waals surface area contributed by atoms with E-state index in [1.807, 2.05) is 0 Å². The highest BCUT2D eigenvalue weighted by atomic mass is 31.2. The largest absolute Gasteiger partial charge is 0.472 e. The molecule has 0 bridgehead atoms. The van der Waals surface area contributed by atoms with Crippen LogP contribution in [0.4, 0.5) is 0 Å². The molecule has 3 N–H and O–H groups in total. The van der Waals surface area contributed by atoms with Crippen molar-refractivity contribution in [2.24, 2.45) is 0 Å². The number of esters is 4. The number of rotatable bonds is 75. The highest BCUT2D eigenvalue weighted by molar-refractivity contribution is 7.47. The molecule has 5 unspecified atom stereocenters. The monoisotopic (exact) mass is 1470 g/mol. The summed E-state index contributed by atoms with van der Waals surface area (Å²) in [6, 6.07) is 0. The van der Waals surface area contributed by atoms with Crippen molar-refractivity contribution in [3.05, 3.63) is 109 Å². The topological polar surface area (TPSA) is 237 Å². The van der Waals surface area contributed by atoms with Crippen LogP contribution < -0.4 is 0 Å². The van der Waals surface area contributed by atoms with E-state index in [9.17, 15) is 43.2 Å². The Morgan fingerprint density at radius 1 is 0.284 bits per heavy atom. The number of hydrogen-bond acceptors (Lipinski definition) is 15. The zero-order valence-electron chi connectivity index (χ0n) is 64.3. The van der Waals surface area contributed by atoms with Gasteiger partial charge in [0.05, 0.1) is 26.4 Å². The SMILES string of the molecule is CC/C=C\C/C=C\C/C=C\C/C=C\CCCCCCC(=O)OCC(COP(=O)(O)OCC(O)COP(=O)(O)OCC(COC(=O)CCCCCCC/C=C\C/C=C\CCCCC)OC(=O)CCCCCCC/C=C\CCCCCCCC)OC(=O)CCCCCCC/C=C\C/C=C\CCCCC. The standard InChI is InChI=1S/C83H144O17P2/c1-5-9-13-17-21-25-29-33-37-38-42-44-48-52-56-60-64-68-81(86)94-74-79(100-83(88)70-66-62-58-54-50-46-41-36-32-28-24-20-16-12-8-4)76-98-102(91,92)96-72-77(84)71-95-101(89,90)97-75-78(99-82(87)69-65-61-57-53-49-45-40-35-31-27-23-19-15-11-7-3)73-93-80(85)67-63-59-55-51-47-43-39-34-30-26-22-18-14-10-6-2/h9,13,21-22,24-26,28,33-37,39-42,44,77-79,84H,5-8,10-12,14-20,23,27,29-32,38,43,45-76H2,1-4H3,(H,89,90)(H,91,92)/b13-9-,25-21-,26-22-,28-24-,37-33-,39-34-,40-35-,41-36-,44-42-. The van der Waals surface area contributed by atoms with Crippen molar-refractivity contribution in [3.8, 4) is 0 Å². The van der Waals surface area contributed by atoms with Gasteiger partial charge in [-0.25, -0.2) is 9.13 Å². The van der Waals surface area contributed by atoms with Gasteiger partial charge in [0, 0.05) is 25.7 Å². The smallest absolute Gasteiger partial charge is 0.462 e. The van der Waals surface area contributed by atoms with Crippen molar-refractivity contribution in [2.45, 2.75) is 354 Å². The molecule has 0 aromatic rings. The van der Waals surface area contributed by atoms with Crippen molar-refractivity contribution in [3.63, 3.8) is 0 Å². The average molecular weight is 1480 g/mol. The minimum absolute atomic E-state index is 0.0718. The van der Waals surface area contributed by atoms with Gasteiger partial charge in [0.25, 0.3) is 0 Å². The van der Waals surface area contributed by atoms with Crippen molar-refractivity contribution < 1.29 is 80.2 Å². The summed E-state index contributed by atoms with van der Waals surface area (Å²) in [6.07, 6.45) is 80.6. The van der Waals surface area contributed by atoms with Crippen molar-refractivity contribution in [2.75, 3.05) is 39.6 Å². The van der Waals surface area contributed by atoms with E-state index in [1.54, 1.807) is 0 Å². The lowest BCUT2D eigenvalue weighted by Crippen LogP contribution is -2.30. The summed E-state index contributed by atoms with van der Waals surface area (Å²) in [7, 11) is -9.97. The summed E-state index contributed by atoms with van der Waals surface area (Å²) in [5, 5.41) is 10.6. The van der Waals surface area contributed by atoms with Crippen LogP contribution in [0.5, 0.6) is 0 Å². The average Bonchev–Trinajstić information content (AvgIpc) is 0.923. The zero-order valence-corrected chi connectivity index (χ0v) is 66.0. The molecular formula is C83H144O17P2. The van der Waals surface area contributed by atoms with Gasteiger partial charge in [0.2, 0.25) is 0 Å². The summed E-state index contributed by atoms with van der Waals surface area (Å²) in [5.41, 5.74) is 0. The van der Waals surface area contributed by atoms with E-state index in [-0.39, 0.29) is 25.7 Å². The molecule has 0 aromatic carbocycles. The summed E-state index contributed by atoms with van der Waals surface area (Å²) < 4.78 is 68.6. The van der Waals surface area contributed by atoms with E-state index < -0.39 is 97.5 Å². The van der Waals surface area contributed by atoms with E-state index in [0.29, 0.717) is 25.7 Å². The maximum Gasteiger partial charge on any atom is 0.472 e. The number of carbonyl (C=O) groups excluding carboxylic acids is 4. The lowest BCUT2D eigenvalue weighted by Gasteiger charge is -2.21. The number of aliphatic hydroxyl groups excluding tert-OH is 1. The van der Waals surface area contributed by atoms with Gasteiger partial charge in [0.1, 0.15) is 19.3 Å². The third-order valence-corrected chi connectivity index (χ3v) is 18.6. The lowest BCUT2D eigenvalue weighted by molar-refractivity contribution is -0.161. The van der Waals surface area contributed by atoms with E-state index in [2.05, 4.69) is 137 Å². The van der Waals surface area contributed by atoms with E-state index in [1.165, 1.54) is 77.0 Å². The van der Waals surface area contributed by atoms with Crippen LogP contribution in [0, 0.1) is 0 Å². The second kappa shape index (κ2) is 75.0. The van der Waals surface area contributed by atoms with Gasteiger partial charge >= 0.3 is 39.5 Å². The number of carbonyl (C=O) groups is 4. The van der Waals surface area contributed by atoms with E-state index in [0.717, 1.165) is 180 Å². The minimum atomic E-state index is -4.99. The van der Waals surface area contributed by atoms with Gasteiger partial charge in [-0.3, -0.25) is 37.3 Å². The second-order valence-corrected chi connectivity index (χ2v) is 29.5. The number of allylic oxidation sites excluding steroid dienone is 18. The second-order valence-electron chi connectivity index (χ2n) is 26.6. The molecule has 0 aromatic heterocycles. The molecule has 0 aliphatic rings. The Bertz CT molecular complexity index is 2360. The highest BCUT2D eigenvalue weighted by Crippen LogP contribution is 2.45. The van der Waals surface area contributed by atoms with Gasteiger partial charge in [0.15, 0.2) is 12.2 Å². The van der Waals surface area contributed by atoms with Crippen LogP contribution in [-0.4, -0.2) is 96.7 Å². The van der Waals surface area contributed by atoms with Crippen LogP contribution in [0.1, 0.15) is 336 Å². The van der Waals surface area contributed by atoms with Crippen molar-refractivity contribution >= 4 is 39.5 Å². The Hall–Kier alpha value is -4.28. The first-order valence-corrected chi connectivity index (χ1v) is 43.1. The molecule has 0 fully saturated rings. The number of ether oxygens (including phenoxy) is 4. The Labute approximate surface area is 619 Å². The number of hydrogen-bond donors (Lipinski definition) is 3. The molecule has 0 saturated carbocycles. The van der Waals surface area contributed by atoms with Crippen molar-refractivity contribution in [1.29, 1.82) is 0 Å². The fourth-order valence-corrected chi connectivity index (χ4v) is 12.1. The third kappa shape index (κ3) is 74.0. The highest BCUT2D eigenvalue weighted by Gasteiger charge is 2.30. The summed E-state index contributed by atoms with van der Waals surface area (Å²) in [4.78, 5) is 73.0. The molecule has 19 heteroatoms. The molecule has 0 radical (unpaired) electrons. The lowest BCUT2D eigenvalue weighted by atomic mass is 10.1. The van der Waals surface area contributed by atoms with Gasteiger partial charge in [-0.2, -0.15) is 0 Å². The molecule has 0 aliphatic carbocycles. The summed E-state index contributed by atoms with van der Waals surface area (Å²) in [6.45, 7) is 4.67. The number of phosphoric acid groups is 2. The first-order valence-electron chi connectivity index (χ1n) is 40.1. The fourth-order valence-electron chi connectivity index (χ4n) is 10.6. The molecule has 0 saturated heterocycles. The number of unbranched alkanes of at least 4 members (excludes halogenated alkanes) is 31. The molecule has 0 spiro atoms. The molecule has 0 amide bonds. The molecule has 0 aliphatic heterocycles. The first-order chi connectivity index (χ1) is 49.7. The van der Waals surface area contributed by atoms with Crippen LogP contribution in [0.15, 0.2) is 109 Å². The normalized spacial score (nSPS) is 14.5. The molecule has 5 atom stereocenters. The molecular weight excluding hydrogens is 1330 g/mol. The zero-order chi connectivity index (χ0) is 74.6. The van der Waals surface area contributed by atoms with Gasteiger partial charge in [-0.1, -0.05) is 265 Å². The van der Waals surface area contributed by atoms with Crippen LogP contribution >= 0.6 is 15.6 Å². The van der Waals surface area contributed by atoms with E-state index in [4.69, 9.17) is 37.0 Å². The van der Waals surface area contributed by atoms with Gasteiger partial charge < -0.3 is 33.8 Å². The quantitative estimate of drug-likeness (QED) is 0.0169. The Balaban J connectivity index is 5.40. The Morgan fingerprint density at radius 3 is 0.814 bits per heavy atom. The minimum Gasteiger partial charge on any atom is -0.462 e. The van der Waals surface area contributed by atoms with E-state index >= 15 is 0 Å². The molecule has 17 nitrogen and oxygen atoms in total.